The molecule has 1 N–H and O–H groups in total. The van der Waals surface area contributed by atoms with Crippen LogP contribution in [0.1, 0.15) is 23.7 Å². The molecular formula is C18H15ClO5S. The number of benzene rings is 2. The number of halogens is 1. The average molecular weight is 379 g/mol. The number of rotatable bonds is 7. The van der Waals surface area contributed by atoms with Crippen LogP contribution in [0.15, 0.2) is 48.5 Å². The Balaban J connectivity index is 2.06. The topological polar surface area (TPSA) is 80.7 Å². The predicted molar refractivity (Wildman–Crippen MR) is 96.6 cm³/mol. The van der Waals surface area contributed by atoms with E-state index in [-0.39, 0.29) is 17.3 Å². The minimum Gasteiger partial charge on any atom is -0.480 e. The van der Waals surface area contributed by atoms with Gasteiger partial charge in [0.05, 0.1) is 5.02 Å². The number of thioether (sulfide) groups is 1. The molecule has 0 saturated heterocycles. The van der Waals surface area contributed by atoms with Gasteiger partial charge in [-0.1, -0.05) is 35.5 Å². The Morgan fingerprint density at radius 1 is 1.12 bits per heavy atom. The standard InChI is InChI=1S/C18H15ClO5S/c1-11(20)25-17(18(22)23)10-15(21)12-6-8-13(9-7-12)24-16-5-3-2-4-14(16)19/h2-9,17H,10H2,1H3,(H,22,23). The quantitative estimate of drug-likeness (QED) is 0.717. The van der Waals surface area contributed by atoms with Crippen LogP contribution in [0, 0.1) is 0 Å². The van der Waals surface area contributed by atoms with E-state index in [1.165, 1.54) is 6.92 Å². The summed E-state index contributed by atoms with van der Waals surface area (Å²) in [5.41, 5.74) is 0.349. The molecule has 0 aromatic heterocycles. The molecule has 0 fully saturated rings. The first-order valence-corrected chi connectivity index (χ1v) is 8.58. The van der Waals surface area contributed by atoms with E-state index in [1.54, 1.807) is 48.5 Å². The Hall–Kier alpha value is -2.31. The lowest BCUT2D eigenvalue weighted by molar-refractivity contribution is -0.136. The van der Waals surface area contributed by atoms with E-state index in [2.05, 4.69) is 0 Å². The van der Waals surface area contributed by atoms with Crippen LogP contribution in [0.4, 0.5) is 0 Å². The monoisotopic (exact) mass is 378 g/mol. The number of hydrogen-bond acceptors (Lipinski definition) is 5. The van der Waals surface area contributed by atoms with Gasteiger partial charge in [-0.15, -0.1) is 0 Å². The first-order chi connectivity index (χ1) is 11.9. The largest absolute Gasteiger partial charge is 0.480 e. The molecule has 0 spiro atoms. The molecule has 2 aromatic rings. The van der Waals surface area contributed by atoms with Crippen molar-refractivity contribution in [2.24, 2.45) is 0 Å². The summed E-state index contributed by atoms with van der Waals surface area (Å²) >= 11 is 6.66. The molecular weight excluding hydrogens is 364 g/mol. The van der Waals surface area contributed by atoms with Crippen LogP contribution in [-0.4, -0.2) is 27.2 Å². The van der Waals surface area contributed by atoms with Crippen LogP contribution < -0.4 is 4.74 Å². The van der Waals surface area contributed by atoms with Crippen molar-refractivity contribution < 1.29 is 24.2 Å². The predicted octanol–water partition coefficient (Wildman–Crippen LogP) is 4.44. The van der Waals surface area contributed by atoms with Gasteiger partial charge >= 0.3 is 5.97 Å². The van der Waals surface area contributed by atoms with Crippen LogP contribution in [0.3, 0.4) is 0 Å². The SMILES string of the molecule is CC(=O)SC(CC(=O)c1ccc(Oc2ccccc2Cl)cc1)C(=O)O. The molecule has 5 nitrogen and oxygen atoms in total. The fourth-order valence-corrected chi connectivity index (χ4v) is 2.94. The molecule has 0 amide bonds. The smallest absolute Gasteiger partial charge is 0.317 e. The highest BCUT2D eigenvalue weighted by molar-refractivity contribution is 8.14. The van der Waals surface area contributed by atoms with Crippen molar-refractivity contribution in [3.05, 3.63) is 59.1 Å². The van der Waals surface area contributed by atoms with Crippen molar-refractivity contribution in [3.8, 4) is 11.5 Å². The van der Waals surface area contributed by atoms with E-state index < -0.39 is 11.2 Å². The molecule has 0 aliphatic carbocycles. The first-order valence-electron chi connectivity index (χ1n) is 7.32. The molecule has 0 radical (unpaired) electrons. The van der Waals surface area contributed by atoms with Gasteiger partial charge < -0.3 is 9.84 Å². The molecule has 1 unspecified atom stereocenters. The molecule has 0 aliphatic heterocycles. The molecule has 1 atom stereocenters. The van der Waals surface area contributed by atoms with Crippen molar-refractivity contribution in [1.29, 1.82) is 0 Å². The van der Waals surface area contributed by atoms with E-state index in [0.717, 1.165) is 0 Å². The lowest BCUT2D eigenvalue weighted by Crippen LogP contribution is -2.21. The second kappa shape index (κ2) is 8.69. The molecule has 0 aliphatic rings. The Labute approximate surface area is 153 Å². The van der Waals surface area contributed by atoms with Crippen LogP contribution in [0.2, 0.25) is 5.02 Å². The third kappa shape index (κ3) is 5.62. The molecule has 130 valence electrons. The maximum atomic E-state index is 12.2. The molecule has 7 heteroatoms. The highest BCUT2D eigenvalue weighted by atomic mass is 35.5. The van der Waals surface area contributed by atoms with Crippen molar-refractivity contribution in [2.45, 2.75) is 18.6 Å². The minimum atomic E-state index is -1.19. The van der Waals surface area contributed by atoms with Crippen LogP contribution in [0.25, 0.3) is 0 Å². The first kappa shape index (κ1) is 19.0. The number of aliphatic carboxylic acids is 1. The Morgan fingerprint density at radius 2 is 1.76 bits per heavy atom. The number of ketones is 1. The van der Waals surface area contributed by atoms with Gasteiger partial charge in [0, 0.05) is 18.9 Å². The highest BCUT2D eigenvalue weighted by Crippen LogP contribution is 2.29. The maximum absolute atomic E-state index is 12.2. The second-order valence-electron chi connectivity index (χ2n) is 5.12. The number of para-hydroxylation sites is 1. The van der Waals surface area contributed by atoms with Gasteiger partial charge in [0.25, 0.3) is 0 Å². The molecule has 2 aromatic carbocycles. The number of Topliss-reactive ketones (excluding diaryl/α,β-unsaturated/α-hetero) is 1. The number of carbonyl (C=O) groups excluding carboxylic acids is 2. The Kier molecular flexibility index (Phi) is 6.61. The third-order valence-electron chi connectivity index (χ3n) is 3.20. The van der Waals surface area contributed by atoms with Gasteiger partial charge in [-0.25, -0.2) is 0 Å². The van der Waals surface area contributed by atoms with Crippen LogP contribution in [0.5, 0.6) is 11.5 Å². The summed E-state index contributed by atoms with van der Waals surface area (Å²) in [6.45, 7) is 1.27. The number of carboxylic acids is 1. The molecule has 0 bridgehead atoms. The zero-order valence-corrected chi connectivity index (χ0v) is 14.8. The Morgan fingerprint density at radius 3 is 2.32 bits per heavy atom. The number of ether oxygens (including phenoxy) is 1. The molecule has 2 rings (SSSR count). The van der Waals surface area contributed by atoms with E-state index in [9.17, 15) is 14.4 Å². The molecule has 0 saturated carbocycles. The lowest BCUT2D eigenvalue weighted by atomic mass is 10.1. The van der Waals surface area contributed by atoms with Gasteiger partial charge in [0.2, 0.25) is 0 Å². The van der Waals surface area contributed by atoms with Crippen molar-refractivity contribution >= 4 is 40.2 Å². The summed E-state index contributed by atoms with van der Waals surface area (Å²) in [7, 11) is 0. The summed E-state index contributed by atoms with van der Waals surface area (Å²) in [5, 5.41) is 8.12. The lowest BCUT2D eigenvalue weighted by Gasteiger charge is -2.10. The van der Waals surface area contributed by atoms with E-state index in [0.29, 0.717) is 33.8 Å². The summed E-state index contributed by atoms with van der Waals surface area (Å²) in [6.07, 6.45) is -0.260. The second-order valence-corrected chi connectivity index (χ2v) is 6.91. The van der Waals surface area contributed by atoms with Crippen molar-refractivity contribution in [3.63, 3.8) is 0 Å². The summed E-state index contributed by atoms with van der Waals surface area (Å²) < 4.78 is 5.63. The van der Waals surface area contributed by atoms with E-state index >= 15 is 0 Å². The number of carboxylic acid groups (broad SMARTS) is 1. The minimum absolute atomic E-state index is 0.260. The molecule has 25 heavy (non-hydrogen) atoms. The average Bonchev–Trinajstić information content (AvgIpc) is 2.56. The zero-order chi connectivity index (χ0) is 18.4. The van der Waals surface area contributed by atoms with Crippen LogP contribution in [-0.2, 0) is 9.59 Å². The summed E-state index contributed by atoms with van der Waals surface area (Å²) in [4.78, 5) is 34.4. The van der Waals surface area contributed by atoms with Crippen LogP contribution >= 0.6 is 23.4 Å². The number of hydrogen-bond donors (Lipinski definition) is 1. The maximum Gasteiger partial charge on any atom is 0.317 e. The fraction of sp³-hybridized carbons (Fsp3) is 0.167. The van der Waals surface area contributed by atoms with Gasteiger partial charge in [-0.05, 0) is 36.4 Å². The normalized spacial score (nSPS) is 11.6. The Bertz CT molecular complexity index is 788. The number of carbonyl (C=O) groups is 3. The van der Waals surface area contributed by atoms with Crippen molar-refractivity contribution in [1.82, 2.24) is 0 Å². The fourth-order valence-electron chi connectivity index (χ4n) is 2.03. The van der Waals surface area contributed by atoms with E-state index in [1.807, 2.05) is 0 Å². The third-order valence-corrected chi connectivity index (χ3v) is 4.49. The highest BCUT2D eigenvalue weighted by Gasteiger charge is 2.24. The van der Waals surface area contributed by atoms with Gasteiger partial charge in [-0.2, -0.15) is 0 Å². The summed E-state index contributed by atoms with van der Waals surface area (Å²) in [6, 6.07) is 13.3. The van der Waals surface area contributed by atoms with E-state index in [4.69, 9.17) is 21.4 Å². The summed E-state index contributed by atoms with van der Waals surface area (Å²) in [5.74, 6) is -0.553. The van der Waals surface area contributed by atoms with Gasteiger partial charge in [0.15, 0.2) is 10.9 Å². The van der Waals surface area contributed by atoms with Gasteiger partial charge in [0.1, 0.15) is 16.7 Å². The van der Waals surface area contributed by atoms with Gasteiger partial charge in [-0.3, -0.25) is 14.4 Å². The molecule has 0 heterocycles. The zero-order valence-electron chi connectivity index (χ0n) is 13.3. The van der Waals surface area contributed by atoms with Crippen molar-refractivity contribution in [2.75, 3.05) is 0 Å².